The van der Waals surface area contributed by atoms with Gasteiger partial charge < -0.3 is 10.2 Å². The van der Waals surface area contributed by atoms with Crippen LogP contribution in [0.4, 0.5) is 5.69 Å². The second-order valence-corrected chi connectivity index (χ2v) is 6.58. The number of fused-ring (bicyclic) bond motifs is 1. The summed E-state index contributed by atoms with van der Waals surface area (Å²) in [6.45, 7) is 1.46. The maximum Gasteiger partial charge on any atom is 0.292 e. The van der Waals surface area contributed by atoms with Crippen molar-refractivity contribution in [3.05, 3.63) is 65.2 Å². The summed E-state index contributed by atoms with van der Waals surface area (Å²) < 4.78 is 1.63. The Kier molecular flexibility index (Phi) is 4.34. The van der Waals surface area contributed by atoms with Gasteiger partial charge in [-0.1, -0.05) is 29.8 Å². The van der Waals surface area contributed by atoms with Gasteiger partial charge >= 0.3 is 0 Å². The van der Waals surface area contributed by atoms with Crippen LogP contribution < -0.4 is 5.32 Å². The van der Waals surface area contributed by atoms with Crippen molar-refractivity contribution in [2.24, 2.45) is 0 Å². The van der Waals surface area contributed by atoms with Gasteiger partial charge in [-0.05, 0) is 37.1 Å². The van der Waals surface area contributed by atoms with Crippen LogP contribution in [0.3, 0.4) is 0 Å². The molecule has 2 amide bonds. The van der Waals surface area contributed by atoms with E-state index >= 15 is 0 Å². The molecular formula is C19H17ClN4O2. The Hall–Kier alpha value is -2.86. The SMILES string of the molecule is O=C(Nc1ccccc1Cl)c1nc(C(=O)N2CCCC2)c2ccccn12. The number of para-hydroxylation sites is 1. The lowest BCUT2D eigenvalue weighted by molar-refractivity contribution is 0.0789. The van der Waals surface area contributed by atoms with Gasteiger partial charge in [-0.25, -0.2) is 4.98 Å². The summed E-state index contributed by atoms with van der Waals surface area (Å²) in [4.78, 5) is 31.7. The number of imidazole rings is 1. The first kappa shape index (κ1) is 16.6. The second kappa shape index (κ2) is 6.80. The normalized spacial score (nSPS) is 14.0. The Labute approximate surface area is 155 Å². The molecule has 1 aliphatic heterocycles. The number of anilines is 1. The van der Waals surface area contributed by atoms with Gasteiger partial charge in [0.1, 0.15) is 0 Å². The number of hydrogen-bond donors (Lipinski definition) is 1. The molecule has 1 aliphatic rings. The zero-order chi connectivity index (χ0) is 18.1. The smallest absolute Gasteiger partial charge is 0.292 e. The van der Waals surface area contributed by atoms with Gasteiger partial charge in [0.15, 0.2) is 5.69 Å². The Bertz CT molecular complexity index is 992. The third kappa shape index (κ3) is 2.93. The van der Waals surface area contributed by atoms with Crippen LogP contribution >= 0.6 is 11.6 Å². The molecule has 1 fully saturated rings. The molecule has 0 saturated carbocycles. The second-order valence-electron chi connectivity index (χ2n) is 6.17. The summed E-state index contributed by atoms with van der Waals surface area (Å²) in [6.07, 6.45) is 3.72. The number of benzene rings is 1. The fourth-order valence-electron chi connectivity index (χ4n) is 3.17. The van der Waals surface area contributed by atoms with E-state index < -0.39 is 5.91 Å². The lowest BCUT2D eigenvalue weighted by atomic mass is 10.3. The number of carbonyl (C=O) groups excluding carboxylic acids is 2. The summed E-state index contributed by atoms with van der Waals surface area (Å²) in [5.74, 6) is -0.397. The van der Waals surface area contributed by atoms with Gasteiger partial charge in [-0.3, -0.25) is 14.0 Å². The highest BCUT2D eigenvalue weighted by Gasteiger charge is 2.26. The van der Waals surface area contributed by atoms with E-state index in [1.807, 2.05) is 6.07 Å². The van der Waals surface area contributed by atoms with E-state index in [4.69, 9.17) is 11.6 Å². The van der Waals surface area contributed by atoms with E-state index in [1.165, 1.54) is 0 Å². The van der Waals surface area contributed by atoms with Crippen molar-refractivity contribution in [3.63, 3.8) is 0 Å². The predicted molar refractivity (Wildman–Crippen MR) is 99.7 cm³/mol. The van der Waals surface area contributed by atoms with E-state index in [0.717, 1.165) is 25.9 Å². The molecule has 1 aromatic carbocycles. The zero-order valence-corrected chi connectivity index (χ0v) is 14.7. The Balaban J connectivity index is 1.72. The summed E-state index contributed by atoms with van der Waals surface area (Å²) in [5, 5.41) is 3.20. The van der Waals surface area contributed by atoms with Gasteiger partial charge in [0.25, 0.3) is 11.8 Å². The highest BCUT2D eigenvalue weighted by Crippen LogP contribution is 2.22. The van der Waals surface area contributed by atoms with Gasteiger partial charge in [-0.15, -0.1) is 0 Å². The molecule has 0 atom stereocenters. The zero-order valence-electron chi connectivity index (χ0n) is 14.0. The first-order valence-corrected chi connectivity index (χ1v) is 8.85. The molecule has 3 heterocycles. The van der Waals surface area contributed by atoms with Crippen LogP contribution in [0, 0.1) is 0 Å². The van der Waals surface area contributed by atoms with Crippen LogP contribution in [0.25, 0.3) is 5.52 Å². The molecule has 0 radical (unpaired) electrons. The predicted octanol–water partition coefficient (Wildman–Crippen LogP) is 3.48. The molecule has 0 aliphatic carbocycles. The van der Waals surface area contributed by atoms with Gasteiger partial charge in [-0.2, -0.15) is 0 Å². The molecule has 6 nitrogen and oxygen atoms in total. The fourth-order valence-corrected chi connectivity index (χ4v) is 3.35. The molecule has 3 aromatic rings. The molecule has 26 heavy (non-hydrogen) atoms. The van der Waals surface area contributed by atoms with E-state index in [2.05, 4.69) is 10.3 Å². The molecule has 0 unspecified atom stereocenters. The van der Waals surface area contributed by atoms with Gasteiger partial charge in [0.2, 0.25) is 5.82 Å². The van der Waals surface area contributed by atoms with Crippen molar-refractivity contribution in [2.75, 3.05) is 18.4 Å². The van der Waals surface area contributed by atoms with Crippen molar-refractivity contribution in [2.45, 2.75) is 12.8 Å². The number of rotatable bonds is 3. The number of amides is 2. The van der Waals surface area contributed by atoms with E-state index in [1.54, 1.807) is 51.9 Å². The molecule has 2 aromatic heterocycles. The van der Waals surface area contributed by atoms with Crippen molar-refractivity contribution in [3.8, 4) is 0 Å². The first-order valence-electron chi connectivity index (χ1n) is 8.47. The van der Waals surface area contributed by atoms with E-state index in [0.29, 0.717) is 21.9 Å². The number of pyridine rings is 1. The minimum absolute atomic E-state index is 0.136. The molecule has 0 spiro atoms. The van der Waals surface area contributed by atoms with Crippen LogP contribution in [0.15, 0.2) is 48.7 Å². The van der Waals surface area contributed by atoms with Crippen LogP contribution in [-0.2, 0) is 0 Å². The lowest BCUT2D eigenvalue weighted by Gasteiger charge is -2.13. The first-order chi connectivity index (χ1) is 12.6. The molecule has 4 rings (SSSR count). The van der Waals surface area contributed by atoms with Crippen LogP contribution in [0.1, 0.15) is 33.9 Å². The van der Waals surface area contributed by atoms with E-state index in [9.17, 15) is 9.59 Å². The minimum Gasteiger partial charge on any atom is -0.337 e. The van der Waals surface area contributed by atoms with Crippen molar-refractivity contribution in [1.29, 1.82) is 0 Å². The number of nitrogens with one attached hydrogen (secondary N) is 1. The topological polar surface area (TPSA) is 66.7 Å². The summed E-state index contributed by atoms with van der Waals surface area (Å²) in [5.41, 5.74) is 1.42. The largest absolute Gasteiger partial charge is 0.337 e. The molecule has 132 valence electrons. The summed E-state index contributed by atoms with van der Waals surface area (Å²) >= 11 is 6.11. The number of nitrogens with zero attached hydrogens (tertiary/aromatic N) is 3. The van der Waals surface area contributed by atoms with E-state index in [-0.39, 0.29) is 11.7 Å². The quantitative estimate of drug-likeness (QED) is 0.769. The third-order valence-electron chi connectivity index (χ3n) is 4.47. The monoisotopic (exact) mass is 368 g/mol. The molecule has 1 saturated heterocycles. The number of hydrogen-bond acceptors (Lipinski definition) is 3. The number of halogens is 1. The van der Waals surface area contributed by atoms with Crippen molar-refractivity contribution >= 4 is 34.6 Å². The maximum atomic E-state index is 12.8. The van der Waals surface area contributed by atoms with Crippen LogP contribution in [0.2, 0.25) is 5.02 Å². The molecule has 0 bridgehead atoms. The molecule has 7 heteroatoms. The average molecular weight is 369 g/mol. The van der Waals surface area contributed by atoms with Crippen molar-refractivity contribution < 1.29 is 9.59 Å². The van der Waals surface area contributed by atoms with Gasteiger partial charge in [0, 0.05) is 19.3 Å². The summed E-state index contributed by atoms with van der Waals surface area (Å²) in [6, 6.07) is 12.4. The fraction of sp³-hybridized carbons (Fsp3) is 0.211. The average Bonchev–Trinajstić information content (AvgIpc) is 3.31. The number of carbonyl (C=O) groups is 2. The summed E-state index contributed by atoms with van der Waals surface area (Å²) in [7, 11) is 0. The Morgan fingerprint density at radius 2 is 1.77 bits per heavy atom. The minimum atomic E-state index is -0.417. The third-order valence-corrected chi connectivity index (χ3v) is 4.80. The lowest BCUT2D eigenvalue weighted by Crippen LogP contribution is -2.28. The number of aromatic nitrogens is 2. The number of likely N-dealkylation sites (tertiary alicyclic amines) is 1. The van der Waals surface area contributed by atoms with Crippen LogP contribution in [0.5, 0.6) is 0 Å². The Morgan fingerprint density at radius 1 is 1.04 bits per heavy atom. The maximum absolute atomic E-state index is 12.8. The standard InChI is InChI=1S/C19H17ClN4O2/c20-13-7-1-2-8-14(13)21-18(25)17-22-16(15-9-3-4-12-24(15)17)19(26)23-10-5-6-11-23/h1-4,7-9,12H,5-6,10-11H2,(H,21,25). The highest BCUT2D eigenvalue weighted by molar-refractivity contribution is 6.33. The van der Waals surface area contributed by atoms with Gasteiger partial charge in [0.05, 0.1) is 16.2 Å². The highest BCUT2D eigenvalue weighted by atomic mass is 35.5. The molecular weight excluding hydrogens is 352 g/mol. The molecule has 1 N–H and O–H groups in total. The van der Waals surface area contributed by atoms with Crippen molar-refractivity contribution in [1.82, 2.24) is 14.3 Å². The van der Waals surface area contributed by atoms with Crippen LogP contribution in [-0.4, -0.2) is 39.2 Å². The Morgan fingerprint density at radius 3 is 2.54 bits per heavy atom.